The normalized spacial score (nSPS) is 19.3. The van der Waals surface area contributed by atoms with E-state index in [1.54, 1.807) is 9.80 Å². The minimum atomic E-state index is -3.75. The van der Waals surface area contributed by atoms with Gasteiger partial charge in [0.1, 0.15) is 5.82 Å². The number of nitrogens with one attached hydrogen (secondary N) is 1. The Balaban J connectivity index is 1.37. The van der Waals surface area contributed by atoms with Crippen molar-refractivity contribution in [2.75, 3.05) is 19.6 Å². The van der Waals surface area contributed by atoms with Crippen molar-refractivity contribution in [3.8, 4) is 0 Å². The summed E-state index contributed by atoms with van der Waals surface area (Å²) in [7, 11) is -3.75. The zero-order chi connectivity index (χ0) is 23.6. The molecule has 2 aromatic rings. The number of halogens is 1. The van der Waals surface area contributed by atoms with E-state index in [1.807, 2.05) is 24.3 Å². The molecule has 0 spiro atoms. The molecular weight excluding hydrogens is 445 g/mol. The highest BCUT2D eigenvalue weighted by Crippen LogP contribution is 2.33. The summed E-state index contributed by atoms with van der Waals surface area (Å²) in [5.41, 5.74) is 2.19. The van der Waals surface area contributed by atoms with Crippen molar-refractivity contribution in [3.05, 3.63) is 65.5 Å². The third-order valence-electron chi connectivity index (χ3n) is 6.48. The molecule has 0 saturated carbocycles. The summed E-state index contributed by atoms with van der Waals surface area (Å²) in [5, 5.41) is 0. The molecular formula is C24H28FN3O4S. The van der Waals surface area contributed by atoms with E-state index in [0.29, 0.717) is 32.5 Å². The second-order valence-electron chi connectivity index (χ2n) is 8.61. The Morgan fingerprint density at radius 2 is 1.70 bits per heavy atom. The number of likely N-dealkylation sites (tertiary alicyclic amines) is 1. The maximum Gasteiger partial charge on any atom is 0.240 e. The summed E-state index contributed by atoms with van der Waals surface area (Å²) in [4.78, 5) is 28.8. The molecule has 1 unspecified atom stereocenters. The Hall–Kier alpha value is -2.78. The zero-order valence-corrected chi connectivity index (χ0v) is 19.4. The first-order valence-corrected chi connectivity index (χ1v) is 12.6. The molecule has 9 heteroatoms. The van der Waals surface area contributed by atoms with Crippen LogP contribution in [0, 0.1) is 5.82 Å². The Morgan fingerprint density at radius 1 is 1.03 bits per heavy atom. The lowest BCUT2D eigenvalue weighted by molar-refractivity contribution is -0.137. The fraction of sp³-hybridized carbons (Fsp3) is 0.417. The van der Waals surface area contributed by atoms with Crippen LogP contribution in [0.5, 0.6) is 0 Å². The Labute approximate surface area is 193 Å². The fourth-order valence-electron chi connectivity index (χ4n) is 4.69. The first kappa shape index (κ1) is 23.4. The summed E-state index contributed by atoms with van der Waals surface area (Å²) in [6.45, 7) is 3.00. The highest BCUT2D eigenvalue weighted by atomic mass is 32.2. The van der Waals surface area contributed by atoms with E-state index < -0.39 is 15.8 Å². The summed E-state index contributed by atoms with van der Waals surface area (Å²) in [5.74, 6) is -0.580. The molecule has 1 fully saturated rings. The van der Waals surface area contributed by atoms with Crippen LogP contribution in [0.3, 0.4) is 0 Å². The van der Waals surface area contributed by atoms with Crippen molar-refractivity contribution in [1.82, 2.24) is 14.5 Å². The lowest BCUT2D eigenvalue weighted by Gasteiger charge is -2.38. The molecule has 4 rings (SSSR count). The van der Waals surface area contributed by atoms with Crippen molar-refractivity contribution in [2.24, 2.45) is 0 Å². The van der Waals surface area contributed by atoms with Gasteiger partial charge in [-0.25, -0.2) is 17.5 Å². The van der Waals surface area contributed by atoms with Gasteiger partial charge in [-0.1, -0.05) is 24.3 Å². The average molecular weight is 474 g/mol. The Morgan fingerprint density at radius 3 is 2.36 bits per heavy atom. The molecule has 1 N–H and O–H groups in total. The molecule has 0 aliphatic carbocycles. The number of fused-ring (bicyclic) bond motifs is 1. The first-order chi connectivity index (χ1) is 15.7. The lowest BCUT2D eigenvalue weighted by Crippen LogP contribution is -2.48. The summed E-state index contributed by atoms with van der Waals surface area (Å²) in [6.07, 6.45) is 1.97. The number of hydrogen-bond donors (Lipinski definition) is 1. The SMILES string of the molecule is CC(=O)N1CCc2ccccc2C1CC(=O)N1CCC(NS(=O)(=O)c2ccc(F)cc2)CC1. The molecule has 0 aromatic heterocycles. The standard InChI is InChI=1S/C24H28FN3O4S/c1-17(29)28-15-10-18-4-2-3-5-22(18)23(28)16-24(30)27-13-11-20(12-14-27)26-33(31,32)21-8-6-19(25)7-9-21/h2-9,20,23,26H,10-16H2,1H3. The molecule has 0 radical (unpaired) electrons. The van der Waals surface area contributed by atoms with Crippen molar-refractivity contribution < 1.29 is 22.4 Å². The van der Waals surface area contributed by atoms with Gasteiger partial charge in [0.25, 0.3) is 0 Å². The maximum atomic E-state index is 13.1. The van der Waals surface area contributed by atoms with Crippen LogP contribution in [-0.4, -0.2) is 55.7 Å². The number of sulfonamides is 1. The van der Waals surface area contributed by atoms with E-state index in [4.69, 9.17) is 0 Å². The number of rotatable bonds is 5. The first-order valence-electron chi connectivity index (χ1n) is 11.2. The van der Waals surface area contributed by atoms with E-state index in [1.165, 1.54) is 24.6 Å². The largest absolute Gasteiger partial charge is 0.343 e. The van der Waals surface area contributed by atoms with Crippen LogP contribution >= 0.6 is 0 Å². The van der Waals surface area contributed by atoms with Gasteiger partial charge >= 0.3 is 0 Å². The number of carbonyl (C=O) groups excluding carboxylic acids is 2. The Kier molecular flexibility index (Phi) is 6.81. The van der Waals surface area contributed by atoms with Crippen LogP contribution in [0.15, 0.2) is 53.4 Å². The molecule has 176 valence electrons. The van der Waals surface area contributed by atoms with Gasteiger partial charge in [-0.05, 0) is 54.7 Å². The molecule has 2 aliphatic rings. The number of hydrogen-bond acceptors (Lipinski definition) is 4. The van der Waals surface area contributed by atoms with Gasteiger partial charge in [-0.15, -0.1) is 0 Å². The van der Waals surface area contributed by atoms with Crippen LogP contribution in [-0.2, 0) is 26.0 Å². The number of piperidine rings is 1. The van der Waals surface area contributed by atoms with Gasteiger partial charge in [0, 0.05) is 32.6 Å². The van der Waals surface area contributed by atoms with Gasteiger partial charge in [-0.3, -0.25) is 9.59 Å². The minimum absolute atomic E-state index is 0.0164. The van der Waals surface area contributed by atoms with E-state index in [2.05, 4.69) is 4.72 Å². The fourth-order valence-corrected chi connectivity index (χ4v) is 6.00. The van der Waals surface area contributed by atoms with Crippen LogP contribution in [0.2, 0.25) is 0 Å². The van der Waals surface area contributed by atoms with Gasteiger partial charge in [0.05, 0.1) is 17.4 Å². The van der Waals surface area contributed by atoms with Crippen molar-refractivity contribution >= 4 is 21.8 Å². The molecule has 1 atom stereocenters. The van der Waals surface area contributed by atoms with Crippen molar-refractivity contribution in [2.45, 2.75) is 49.6 Å². The average Bonchev–Trinajstić information content (AvgIpc) is 2.79. The lowest BCUT2D eigenvalue weighted by atomic mass is 9.90. The van der Waals surface area contributed by atoms with E-state index >= 15 is 0 Å². The third kappa shape index (κ3) is 5.25. The number of nitrogens with zero attached hydrogens (tertiary/aromatic N) is 2. The maximum absolute atomic E-state index is 13.1. The minimum Gasteiger partial charge on any atom is -0.343 e. The third-order valence-corrected chi connectivity index (χ3v) is 8.01. The zero-order valence-electron chi connectivity index (χ0n) is 18.5. The van der Waals surface area contributed by atoms with Gasteiger partial charge in [0.2, 0.25) is 21.8 Å². The van der Waals surface area contributed by atoms with Crippen molar-refractivity contribution in [1.29, 1.82) is 0 Å². The molecule has 1 saturated heterocycles. The van der Waals surface area contributed by atoms with Crippen LogP contribution in [0.4, 0.5) is 4.39 Å². The van der Waals surface area contributed by atoms with Crippen molar-refractivity contribution in [3.63, 3.8) is 0 Å². The predicted octanol–water partition coefficient (Wildman–Crippen LogP) is 2.63. The molecule has 2 aromatic carbocycles. The number of benzene rings is 2. The number of carbonyl (C=O) groups is 2. The molecule has 2 heterocycles. The monoisotopic (exact) mass is 473 g/mol. The smallest absolute Gasteiger partial charge is 0.240 e. The molecule has 2 amide bonds. The highest BCUT2D eigenvalue weighted by Gasteiger charge is 2.33. The quantitative estimate of drug-likeness (QED) is 0.723. The summed E-state index contributed by atoms with van der Waals surface area (Å²) < 4.78 is 40.9. The number of amides is 2. The molecule has 7 nitrogen and oxygen atoms in total. The molecule has 0 bridgehead atoms. The van der Waals surface area contributed by atoms with Gasteiger partial charge < -0.3 is 9.80 Å². The van der Waals surface area contributed by atoms with Gasteiger partial charge in [-0.2, -0.15) is 0 Å². The Bertz CT molecular complexity index is 1130. The van der Waals surface area contributed by atoms with E-state index in [-0.39, 0.29) is 35.2 Å². The van der Waals surface area contributed by atoms with E-state index in [9.17, 15) is 22.4 Å². The van der Waals surface area contributed by atoms with Gasteiger partial charge in [0.15, 0.2) is 0 Å². The second-order valence-corrected chi connectivity index (χ2v) is 10.3. The van der Waals surface area contributed by atoms with Crippen LogP contribution in [0.25, 0.3) is 0 Å². The predicted molar refractivity (Wildman–Crippen MR) is 121 cm³/mol. The van der Waals surface area contributed by atoms with E-state index in [0.717, 1.165) is 24.1 Å². The highest BCUT2D eigenvalue weighted by molar-refractivity contribution is 7.89. The molecule has 33 heavy (non-hydrogen) atoms. The molecule has 2 aliphatic heterocycles. The van der Waals surface area contributed by atoms with Crippen LogP contribution < -0.4 is 4.72 Å². The van der Waals surface area contributed by atoms with Crippen LogP contribution in [0.1, 0.15) is 43.4 Å². The second kappa shape index (κ2) is 9.61. The topological polar surface area (TPSA) is 86.8 Å². The summed E-state index contributed by atoms with van der Waals surface area (Å²) in [6, 6.07) is 12.0. The summed E-state index contributed by atoms with van der Waals surface area (Å²) >= 11 is 0.